The predicted octanol–water partition coefficient (Wildman–Crippen LogP) is 0.554. The number of carbonyl (C=O) groups excluding carboxylic acids is 1. The van der Waals surface area contributed by atoms with Crippen LogP contribution in [0.25, 0.3) is 0 Å². The van der Waals surface area contributed by atoms with Crippen LogP contribution in [0.1, 0.15) is 11.1 Å². The Bertz CT molecular complexity index is 375. The molecule has 0 unspecified atom stereocenters. The molecular weight excluding hydrogens is 287 g/mol. The van der Waals surface area contributed by atoms with Crippen molar-refractivity contribution in [1.82, 2.24) is 5.32 Å². The Hall–Kier alpha value is -1.31. The van der Waals surface area contributed by atoms with Gasteiger partial charge in [0, 0.05) is 31.6 Å². The number of rotatable bonds is 5. The van der Waals surface area contributed by atoms with Gasteiger partial charge in [0.15, 0.2) is 0 Å². The van der Waals surface area contributed by atoms with Gasteiger partial charge in [-0.15, -0.1) is 0 Å². The fourth-order valence-electron chi connectivity index (χ4n) is 1.23. The van der Waals surface area contributed by atoms with Gasteiger partial charge in [0.05, 0.1) is 0 Å². The van der Waals surface area contributed by atoms with E-state index in [4.69, 9.17) is 10.5 Å². The molecule has 1 aromatic carbocycles. The van der Waals surface area contributed by atoms with E-state index in [1.807, 2.05) is 24.3 Å². The van der Waals surface area contributed by atoms with Crippen LogP contribution in [-0.4, -0.2) is 23.7 Å². The summed E-state index contributed by atoms with van der Waals surface area (Å²) in [6.45, 7) is 4.60. The molecule has 0 aromatic heterocycles. The summed E-state index contributed by atoms with van der Waals surface area (Å²) < 4.78 is 4.78. The summed E-state index contributed by atoms with van der Waals surface area (Å²) in [5.41, 5.74) is 7.56. The molecule has 6 nitrogen and oxygen atoms in total. The van der Waals surface area contributed by atoms with Crippen molar-refractivity contribution in [3.8, 4) is 0 Å². The van der Waals surface area contributed by atoms with E-state index in [9.17, 15) is 4.79 Å². The Morgan fingerprint density at radius 1 is 1.42 bits per heavy atom. The second kappa shape index (κ2) is 13.1. The molecule has 1 radical (unpaired) electrons. The van der Waals surface area contributed by atoms with Crippen LogP contribution >= 0.6 is 0 Å². The summed E-state index contributed by atoms with van der Waals surface area (Å²) in [6, 6.07) is 7.73. The van der Waals surface area contributed by atoms with Gasteiger partial charge < -0.3 is 26.7 Å². The number of nitrogens with one attached hydrogen (secondary N) is 1. The van der Waals surface area contributed by atoms with Crippen LogP contribution in [0.5, 0.6) is 0 Å². The number of amides is 1. The minimum atomic E-state index is -0.446. The van der Waals surface area contributed by atoms with Gasteiger partial charge in [-0.05, 0) is 11.1 Å². The Kier molecular flexibility index (Phi) is 15.8. The molecule has 0 fully saturated rings. The van der Waals surface area contributed by atoms with Crippen molar-refractivity contribution in [3.05, 3.63) is 48.0 Å². The van der Waals surface area contributed by atoms with Crippen LogP contribution in [-0.2, 0) is 36.4 Å². The summed E-state index contributed by atoms with van der Waals surface area (Å²) >= 11 is 0. The number of hydrogen-bond donors (Lipinski definition) is 2. The molecule has 1 rings (SSSR count). The molecule has 0 saturated heterocycles. The minimum Gasteiger partial charge on any atom is -0.870 e. The molecule has 0 heterocycles. The van der Waals surface area contributed by atoms with Crippen molar-refractivity contribution in [2.24, 2.45) is 5.73 Å². The zero-order valence-corrected chi connectivity index (χ0v) is 11.9. The summed E-state index contributed by atoms with van der Waals surface area (Å²) in [6.07, 6.45) is 1.08. The van der Waals surface area contributed by atoms with Crippen LogP contribution in [0.3, 0.4) is 0 Å². The average Bonchev–Trinajstić information content (AvgIpc) is 2.34. The van der Waals surface area contributed by atoms with Crippen LogP contribution in [0.15, 0.2) is 36.9 Å². The van der Waals surface area contributed by atoms with Crippen LogP contribution < -0.4 is 11.1 Å². The quantitative estimate of drug-likeness (QED) is 0.770. The number of ether oxygens (including phenoxy) is 1. The molecule has 1 aromatic rings. The van der Waals surface area contributed by atoms with E-state index in [1.54, 1.807) is 0 Å². The first-order chi connectivity index (χ1) is 7.76. The van der Waals surface area contributed by atoms with Gasteiger partial charge in [-0.2, -0.15) is 0 Å². The zero-order valence-electron chi connectivity index (χ0n) is 10.5. The Labute approximate surface area is 124 Å². The van der Waals surface area contributed by atoms with Gasteiger partial charge >= 0.3 is 6.09 Å². The topological polar surface area (TPSA) is 126 Å². The van der Waals surface area contributed by atoms with Crippen molar-refractivity contribution in [2.45, 2.75) is 13.1 Å². The van der Waals surface area contributed by atoms with E-state index < -0.39 is 6.09 Å². The van der Waals surface area contributed by atoms with Gasteiger partial charge in [0.1, 0.15) is 6.61 Å². The van der Waals surface area contributed by atoms with Crippen molar-refractivity contribution in [1.29, 1.82) is 0 Å². The summed E-state index contributed by atoms with van der Waals surface area (Å²) in [5.74, 6) is 0. The summed E-state index contributed by atoms with van der Waals surface area (Å²) in [5, 5.41) is 2.64. The number of benzene rings is 1. The zero-order chi connectivity index (χ0) is 11.8. The molecule has 1 amide bonds. The molecule has 0 atom stereocenters. The maximum absolute atomic E-state index is 11.1. The molecular formula is C12H19N2O4V-. The van der Waals surface area contributed by atoms with Gasteiger partial charge in [0.2, 0.25) is 0 Å². The van der Waals surface area contributed by atoms with Crippen molar-refractivity contribution < 1.29 is 39.0 Å². The molecule has 19 heavy (non-hydrogen) atoms. The Morgan fingerprint density at radius 2 is 2.05 bits per heavy atom. The molecule has 0 spiro atoms. The number of carbonyl (C=O) groups is 1. The molecule has 0 aliphatic heterocycles. The third-order valence-corrected chi connectivity index (χ3v) is 2.00. The van der Waals surface area contributed by atoms with Crippen molar-refractivity contribution in [3.63, 3.8) is 0 Å². The van der Waals surface area contributed by atoms with Crippen molar-refractivity contribution in [2.75, 3.05) is 6.61 Å². The van der Waals surface area contributed by atoms with Gasteiger partial charge in [-0.3, -0.25) is 0 Å². The maximum atomic E-state index is 11.1. The number of nitrogens with two attached hydrogens (primary N) is 1. The smallest absolute Gasteiger partial charge is 0.407 e. The molecule has 0 saturated carbocycles. The van der Waals surface area contributed by atoms with E-state index in [0.717, 1.165) is 11.1 Å². The van der Waals surface area contributed by atoms with E-state index >= 15 is 0 Å². The third kappa shape index (κ3) is 9.29. The van der Waals surface area contributed by atoms with Gasteiger partial charge in [-0.25, -0.2) is 4.79 Å². The van der Waals surface area contributed by atoms with Gasteiger partial charge in [-0.1, -0.05) is 36.9 Å². The molecule has 0 aliphatic rings. The van der Waals surface area contributed by atoms with E-state index in [-0.39, 0.29) is 36.1 Å². The molecule has 107 valence electrons. The number of alkyl carbamates (subject to hydrolysis) is 1. The molecule has 0 aliphatic carbocycles. The molecule has 0 bridgehead atoms. The SMILES string of the molecule is C=CCOC(=O)NCc1cccc(CN)c1.O.[OH-].[V]. The average molecular weight is 306 g/mol. The monoisotopic (exact) mass is 306 g/mol. The summed E-state index contributed by atoms with van der Waals surface area (Å²) in [4.78, 5) is 11.1. The van der Waals surface area contributed by atoms with Crippen molar-refractivity contribution >= 4 is 6.09 Å². The fraction of sp³-hybridized carbons (Fsp3) is 0.250. The standard InChI is InChI=1S/C12H16N2O2.2H2O.V/c1-2-6-16-12(15)14-9-11-5-3-4-10(7-11)8-13;;;/h2-5,7H,1,6,8-9,13H2,(H,14,15);2*1H2;/p-1. The Balaban J connectivity index is -0.000000853. The van der Waals surface area contributed by atoms with Crippen LogP contribution in [0, 0.1) is 0 Å². The Morgan fingerprint density at radius 3 is 2.63 bits per heavy atom. The second-order valence-electron chi connectivity index (χ2n) is 3.26. The minimum absolute atomic E-state index is 0. The first kappa shape index (κ1) is 22.8. The van der Waals surface area contributed by atoms with E-state index in [1.165, 1.54) is 6.08 Å². The molecule has 6 N–H and O–H groups in total. The molecule has 7 heteroatoms. The fourth-order valence-corrected chi connectivity index (χ4v) is 1.23. The van der Waals surface area contributed by atoms with E-state index in [2.05, 4.69) is 11.9 Å². The second-order valence-corrected chi connectivity index (χ2v) is 3.26. The van der Waals surface area contributed by atoms with Crippen LogP contribution in [0.2, 0.25) is 0 Å². The first-order valence-electron chi connectivity index (χ1n) is 5.05. The van der Waals surface area contributed by atoms with Gasteiger partial charge in [0.25, 0.3) is 0 Å². The predicted molar refractivity (Wildman–Crippen MR) is 68.3 cm³/mol. The third-order valence-electron chi connectivity index (χ3n) is 2.00. The first-order valence-corrected chi connectivity index (χ1v) is 5.05. The normalized spacial score (nSPS) is 8.05. The number of hydrogen-bond acceptors (Lipinski definition) is 4. The summed E-state index contributed by atoms with van der Waals surface area (Å²) in [7, 11) is 0. The maximum Gasteiger partial charge on any atom is 0.407 e. The van der Waals surface area contributed by atoms with E-state index in [0.29, 0.717) is 13.1 Å². The van der Waals surface area contributed by atoms with Crippen LogP contribution in [0.4, 0.5) is 4.79 Å². The largest absolute Gasteiger partial charge is 0.870 e.